The number of benzene rings is 1. The molecule has 4 rings (SSSR count). The Bertz CT molecular complexity index is 1000. The van der Waals surface area contributed by atoms with E-state index in [-0.39, 0.29) is 5.69 Å². The van der Waals surface area contributed by atoms with Gasteiger partial charge >= 0.3 is 6.18 Å². The summed E-state index contributed by atoms with van der Waals surface area (Å²) in [5, 5.41) is 0. The first kappa shape index (κ1) is 15.3. The van der Waals surface area contributed by atoms with Crippen LogP contribution in [0.25, 0.3) is 33.8 Å². The van der Waals surface area contributed by atoms with Gasteiger partial charge in [-0.3, -0.25) is 9.97 Å². The molecule has 0 unspecified atom stereocenters. The Morgan fingerprint density at radius 3 is 2.44 bits per heavy atom. The van der Waals surface area contributed by atoms with Gasteiger partial charge in [-0.1, -0.05) is 12.1 Å². The number of aromatic nitrogens is 4. The molecule has 0 saturated carbocycles. The van der Waals surface area contributed by atoms with E-state index in [1.165, 1.54) is 18.5 Å². The van der Waals surface area contributed by atoms with Crippen LogP contribution in [0.4, 0.5) is 13.2 Å². The van der Waals surface area contributed by atoms with Crippen molar-refractivity contribution in [3.05, 3.63) is 66.5 Å². The van der Waals surface area contributed by atoms with Gasteiger partial charge in [-0.15, -0.1) is 0 Å². The van der Waals surface area contributed by atoms with Gasteiger partial charge in [0.1, 0.15) is 5.69 Å². The molecular weight excluding hydrogens is 329 g/mol. The molecule has 3 aromatic heterocycles. The predicted molar refractivity (Wildman–Crippen MR) is 87.6 cm³/mol. The topological polar surface area (TPSA) is 54.5 Å². The van der Waals surface area contributed by atoms with Gasteiger partial charge in [0.2, 0.25) is 0 Å². The number of halogens is 3. The zero-order valence-electron chi connectivity index (χ0n) is 12.7. The van der Waals surface area contributed by atoms with Gasteiger partial charge < -0.3 is 4.98 Å². The predicted octanol–water partition coefficient (Wildman–Crippen LogP) is 4.71. The number of H-pyrrole nitrogens is 1. The average molecular weight is 340 g/mol. The molecule has 1 N–H and O–H groups in total. The quantitative estimate of drug-likeness (QED) is 0.575. The van der Waals surface area contributed by atoms with Crippen LogP contribution in [0.5, 0.6) is 0 Å². The highest BCUT2D eigenvalue weighted by Gasteiger charge is 2.34. The first-order valence-corrected chi connectivity index (χ1v) is 7.46. The molecule has 3 heterocycles. The number of hydrogen-bond donors (Lipinski definition) is 1. The highest BCUT2D eigenvalue weighted by molar-refractivity contribution is 5.78. The minimum Gasteiger partial charge on any atom is -0.337 e. The minimum absolute atomic E-state index is 0.140. The molecule has 0 amide bonds. The molecule has 0 aliphatic rings. The maximum absolute atomic E-state index is 13.1. The summed E-state index contributed by atoms with van der Waals surface area (Å²) in [5.74, 6) is 0.560. The number of nitrogens with one attached hydrogen (secondary N) is 1. The molecule has 7 heteroatoms. The molecule has 0 saturated heterocycles. The summed E-state index contributed by atoms with van der Waals surface area (Å²) in [7, 11) is 0. The lowest BCUT2D eigenvalue weighted by molar-refractivity contribution is -0.137. The number of fused-ring (bicyclic) bond motifs is 1. The molecule has 1 aromatic carbocycles. The second-order valence-electron chi connectivity index (χ2n) is 5.43. The number of rotatable bonds is 2. The molecule has 0 aliphatic heterocycles. The summed E-state index contributed by atoms with van der Waals surface area (Å²) in [6, 6.07) is 13.0. The largest absolute Gasteiger partial charge is 0.418 e. The first-order valence-electron chi connectivity index (χ1n) is 7.46. The third-order valence-electron chi connectivity index (χ3n) is 3.78. The van der Waals surface area contributed by atoms with Crippen LogP contribution in [0.2, 0.25) is 0 Å². The highest BCUT2D eigenvalue weighted by atomic mass is 19.4. The van der Waals surface area contributed by atoms with Crippen LogP contribution >= 0.6 is 0 Å². The Morgan fingerprint density at radius 1 is 0.880 bits per heavy atom. The maximum Gasteiger partial charge on any atom is 0.418 e. The number of imidazole rings is 1. The molecule has 0 radical (unpaired) electrons. The Morgan fingerprint density at radius 2 is 1.72 bits per heavy atom. The molecule has 25 heavy (non-hydrogen) atoms. The number of pyridine rings is 2. The fraction of sp³-hybridized carbons (Fsp3) is 0.0556. The normalized spacial score (nSPS) is 11.8. The van der Waals surface area contributed by atoms with Crippen LogP contribution in [0, 0.1) is 0 Å². The smallest absolute Gasteiger partial charge is 0.337 e. The lowest BCUT2D eigenvalue weighted by Gasteiger charge is -2.11. The van der Waals surface area contributed by atoms with Crippen molar-refractivity contribution in [2.45, 2.75) is 6.18 Å². The van der Waals surface area contributed by atoms with E-state index < -0.39 is 11.7 Å². The molecule has 0 bridgehead atoms. The van der Waals surface area contributed by atoms with Crippen LogP contribution in [-0.4, -0.2) is 19.9 Å². The second kappa shape index (κ2) is 5.70. The van der Waals surface area contributed by atoms with E-state index in [0.29, 0.717) is 17.1 Å². The van der Waals surface area contributed by atoms with Gasteiger partial charge in [-0.25, -0.2) is 4.98 Å². The summed E-state index contributed by atoms with van der Waals surface area (Å²) >= 11 is 0. The minimum atomic E-state index is -4.47. The fourth-order valence-electron chi connectivity index (χ4n) is 2.61. The van der Waals surface area contributed by atoms with E-state index in [1.807, 2.05) is 24.3 Å². The van der Waals surface area contributed by atoms with Gasteiger partial charge in [-0.2, -0.15) is 13.2 Å². The summed E-state index contributed by atoms with van der Waals surface area (Å²) in [5.41, 5.74) is 1.59. The van der Waals surface area contributed by atoms with Crippen molar-refractivity contribution in [3.8, 4) is 22.8 Å². The van der Waals surface area contributed by atoms with Crippen LogP contribution in [0.3, 0.4) is 0 Å². The molecular formula is C18H11F3N4. The molecule has 0 atom stereocenters. The SMILES string of the molecule is FC(F)(F)c1cccnc1-c1ccc(-c2nc3ccccc3[nH]2)nc1. The van der Waals surface area contributed by atoms with Gasteiger partial charge in [-0.05, 0) is 36.4 Å². The van der Waals surface area contributed by atoms with E-state index >= 15 is 0 Å². The van der Waals surface area contributed by atoms with Crippen molar-refractivity contribution in [2.24, 2.45) is 0 Å². The summed E-state index contributed by atoms with van der Waals surface area (Å²) < 4.78 is 39.4. The zero-order chi connectivity index (χ0) is 17.4. The standard InChI is InChI=1S/C18H11F3N4/c19-18(20,21)12-4-3-9-22-16(12)11-7-8-15(23-10-11)17-24-13-5-1-2-6-14(13)25-17/h1-10H,(H,24,25). The Balaban J connectivity index is 1.74. The third-order valence-corrected chi connectivity index (χ3v) is 3.78. The number of aromatic amines is 1. The lowest BCUT2D eigenvalue weighted by Crippen LogP contribution is -2.08. The molecule has 0 aliphatic carbocycles. The highest BCUT2D eigenvalue weighted by Crippen LogP contribution is 2.35. The van der Waals surface area contributed by atoms with Crippen LogP contribution in [0.15, 0.2) is 60.9 Å². The van der Waals surface area contributed by atoms with Crippen molar-refractivity contribution >= 4 is 11.0 Å². The van der Waals surface area contributed by atoms with Gasteiger partial charge in [0, 0.05) is 18.0 Å². The lowest BCUT2D eigenvalue weighted by atomic mass is 10.1. The number of nitrogens with zero attached hydrogens (tertiary/aromatic N) is 3. The van der Waals surface area contributed by atoms with Crippen LogP contribution in [-0.2, 0) is 6.18 Å². The van der Waals surface area contributed by atoms with E-state index in [9.17, 15) is 13.2 Å². The first-order chi connectivity index (χ1) is 12.0. The van der Waals surface area contributed by atoms with E-state index in [0.717, 1.165) is 17.1 Å². The van der Waals surface area contributed by atoms with Crippen molar-refractivity contribution in [1.29, 1.82) is 0 Å². The molecule has 0 fully saturated rings. The van der Waals surface area contributed by atoms with E-state index in [4.69, 9.17) is 0 Å². The van der Waals surface area contributed by atoms with E-state index in [1.54, 1.807) is 12.1 Å². The number of para-hydroxylation sites is 2. The molecule has 124 valence electrons. The summed E-state index contributed by atoms with van der Waals surface area (Å²) in [4.78, 5) is 15.7. The van der Waals surface area contributed by atoms with Gasteiger partial charge in [0.25, 0.3) is 0 Å². The van der Waals surface area contributed by atoms with Crippen LogP contribution < -0.4 is 0 Å². The average Bonchev–Trinajstić information content (AvgIpc) is 3.05. The second-order valence-corrected chi connectivity index (χ2v) is 5.43. The summed E-state index contributed by atoms with van der Waals surface area (Å²) in [6.07, 6.45) is -1.77. The van der Waals surface area contributed by atoms with Crippen LogP contribution in [0.1, 0.15) is 5.56 Å². The number of hydrogen-bond acceptors (Lipinski definition) is 3. The maximum atomic E-state index is 13.1. The van der Waals surface area contributed by atoms with Crippen molar-refractivity contribution < 1.29 is 13.2 Å². The van der Waals surface area contributed by atoms with Gasteiger partial charge in [0.05, 0.1) is 22.3 Å². The molecule has 0 spiro atoms. The zero-order valence-corrected chi connectivity index (χ0v) is 12.7. The van der Waals surface area contributed by atoms with Crippen molar-refractivity contribution in [3.63, 3.8) is 0 Å². The number of alkyl halides is 3. The summed E-state index contributed by atoms with van der Waals surface area (Å²) in [6.45, 7) is 0. The Labute approximate surface area is 140 Å². The van der Waals surface area contributed by atoms with Crippen molar-refractivity contribution in [2.75, 3.05) is 0 Å². The Kier molecular flexibility index (Phi) is 3.49. The van der Waals surface area contributed by atoms with Crippen molar-refractivity contribution in [1.82, 2.24) is 19.9 Å². The van der Waals surface area contributed by atoms with Gasteiger partial charge in [0.15, 0.2) is 5.82 Å². The Hall–Kier alpha value is -3.22. The molecule has 4 nitrogen and oxygen atoms in total. The molecule has 4 aromatic rings. The third kappa shape index (κ3) is 2.84. The van der Waals surface area contributed by atoms with E-state index in [2.05, 4.69) is 19.9 Å². The fourth-order valence-corrected chi connectivity index (χ4v) is 2.61. The monoisotopic (exact) mass is 340 g/mol.